The van der Waals surface area contributed by atoms with E-state index in [2.05, 4.69) is 12.3 Å². The van der Waals surface area contributed by atoms with Crippen molar-refractivity contribution < 1.29 is 13.2 Å². The highest BCUT2D eigenvalue weighted by Gasteiger charge is 2.32. The molecule has 0 heterocycles. The van der Waals surface area contributed by atoms with Gasteiger partial charge in [-0.2, -0.15) is 13.2 Å². The normalized spacial score (nSPS) is 24.9. The Kier molecular flexibility index (Phi) is 4.70. The van der Waals surface area contributed by atoms with Gasteiger partial charge in [0, 0.05) is 6.04 Å². The fourth-order valence-electron chi connectivity index (χ4n) is 3.23. The molecule has 0 amide bonds. The van der Waals surface area contributed by atoms with Crippen molar-refractivity contribution in [2.75, 3.05) is 0 Å². The Morgan fingerprint density at radius 1 is 1.35 bits per heavy atom. The number of hydrogen-bond acceptors (Lipinski definition) is 2. The lowest BCUT2D eigenvalue weighted by Crippen LogP contribution is -2.43. The molecular weight excluding hydrogens is 265 g/mol. The first-order valence-electron chi connectivity index (χ1n) is 7.04. The Morgan fingerprint density at radius 3 is 2.65 bits per heavy atom. The molecule has 1 aromatic rings. The van der Waals surface area contributed by atoms with E-state index in [1.807, 2.05) is 0 Å². The lowest BCUT2D eigenvalue weighted by Gasteiger charge is -2.26. The van der Waals surface area contributed by atoms with Gasteiger partial charge in [-0.05, 0) is 36.3 Å². The summed E-state index contributed by atoms with van der Waals surface area (Å²) < 4.78 is 38.1. The highest BCUT2D eigenvalue weighted by molar-refractivity contribution is 5.26. The zero-order valence-corrected chi connectivity index (χ0v) is 11.6. The summed E-state index contributed by atoms with van der Waals surface area (Å²) in [5, 5.41) is 0. The van der Waals surface area contributed by atoms with Crippen LogP contribution in [0.15, 0.2) is 24.3 Å². The van der Waals surface area contributed by atoms with Gasteiger partial charge in [0.15, 0.2) is 0 Å². The van der Waals surface area contributed by atoms with Crippen LogP contribution in [0.5, 0.6) is 0 Å². The number of halogens is 3. The Bertz CT molecular complexity index is 445. The van der Waals surface area contributed by atoms with Crippen LogP contribution in [-0.2, 0) is 12.6 Å². The van der Waals surface area contributed by atoms with Crippen LogP contribution >= 0.6 is 0 Å². The van der Waals surface area contributed by atoms with Crippen molar-refractivity contribution in [2.45, 2.75) is 44.8 Å². The summed E-state index contributed by atoms with van der Waals surface area (Å²) in [6.45, 7) is 2.19. The Hall–Kier alpha value is -1.07. The van der Waals surface area contributed by atoms with E-state index < -0.39 is 11.7 Å². The third kappa shape index (κ3) is 3.52. The second-order valence-corrected chi connectivity index (χ2v) is 5.75. The first kappa shape index (κ1) is 15.3. The van der Waals surface area contributed by atoms with Crippen LogP contribution < -0.4 is 11.3 Å². The zero-order valence-electron chi connectivity index (χ0n) is 11.6. The zero-order chi connectivity index (χ0) is 14.8. The summed E-state index contributed by atoms with van der Waals surface area (Å²) in [6, 6.07) is 5.57. The number of alkyl halides is 3. The van der Waals surface area contributed by atoms with Gasteiger partial charge < -0.3 is 0 Å². The van der Waals surface area contributed by atoms with E-state index in [0.29, 0.717) is 23.8 Å². The van der Waals surface area contributed by atoms with Crippen LogP contribution in [0, 0.1) is 11.8 Å². The molecule has 3 N–H and O–H groups in total. The number of hydrogen-bond donors (Lipinski definition) is 2. The van der Waals surface area contributed by atoms with Gasteiger partial charge in [0.2, 0.25) is 0 Å². The molecule has 0 aromatic heterocycles. The molecule has 2 nitrogen and oxygen atoms in total. The second-order valence-electron chi connectivity index (χ2n) is 5.75. The molecule has 0 saturated heterocycles. The van der Waals surface area contributed by atoms with Gasteiger partial charge in [0.05, 0.1) is 5.56 Å². The van der Waals surface area contributed by atoms with Crippen LogP contribution in [0.25, 0.3) is 0 Å². The first-order chi connectivity index (χ1) is 9.41. The molecule has 0 spiro atoms. The summed E-state index contributed by atoms with van der Waals surface area (Å²) in [5.74, 6) is 6.62. The highest BCUT2D eigenvalue weighted by Crippen LogP contribution is 2.35. The molecule has 0 radical (unpaired) electrons. The van der Waals surface area contributed by atoms with Crippen molar-refractivity contribution in [1.82, 2.24) is 5.43 Å². The maximum absolute atomic E-state index is 12.7. The molecule has 1 fully saturated rings. The van der Waals surface area contributed by atoms with Gasteiger partial charge >= 0.3 is 6.18 Å². The van der Waals surface area contributed by atoms with Crippen LogP contribution in [0.2, 0.25) is 0 Å². The Balaban J connectivity index is 2.11. The second kappa shape index (κ2) is 6.14. The monoisotopic (exact) mass is 286 g/mol. The lowest BCUT2D eigenvalue weighted by atomic mass is 9.86. The number of rotatable bonds is 4. The average molecular weight is 286 g/mol. The molecule has 3 atom stereocenters. The quantitative estimate of drug-likeness (QED) is 0.656. The van der Waals surface area contributed by atoms with E-state index in [-0.39, 0.29) is 6.04 Å². The minimum Gasteiger partial charge on any atom is -0.271 e. The summed E-state index contributed by atoms with van der Waals surface area (Å²) in [6.07, 6.45) is -0.315. The van der Waals surface area contributed by atoms with E-state index >= 15 is 0 Å². The van der Waals surface area contributed by atoms with Crippen molar-refractivity contribution in [1.29, 1.82) is 0 Å². The van der Waals surface area contributed by atoms with Crippen molar-refractivity contribution in [3.63, 3.8) is 0 Å². The fourth-order valence-corrected chi connectivity index (χ4v) is 3.23. The third-order valence-corrected chi connectivity index (χ3v) is 4.37. The molecule has 1 aliphatic carbocycles. The maximum atomic E-state index is 12.7. The lowest BCUT2D eigenvalue weighted by molar-refractivity contribution is -0.137. The van der Waals surface area contributed by atoms with Crippen LogP contribution in [-0.4, -0.2) is 6.04 Å². The molecule has 0 bridgehead atoms. The molecule has 2 rings (SSSR count). The summed E-state index contributed by atoms with van der Waals surface area (Å²) in [4.78, 5) is 0. The predicted octanol–water partition coefficient (Wildman–Crippen LogP) is 3.52. The van der Waals surface area contributed by atoms with Gasteiger partial charge in [0.1, 0.15) is 0 Å². The van der Waals surface area contributed by atoms with E-state index in [0.717, 1.165) is 12.5 Å². The smallest absolute Gasteiger partial charge is 0.271 e. The summed E-state index contributed by atoms with van der Waals surface area (Å²) >= 11 is 0. The molecule has 3 unspecified atom stereocenters. The first-order valence-corrected chi connectivity index (χ1v) is 7.04. The van der Waals surface area contributed by atoms with Gasteiger partial charge in [-0.1, -0.05) is 38.0 Å². The van der Waals surface area contributed by atoms with Crippen molar-refractivity contribution in [3.8, 4) is 0 Å². The van der Waals surface area contributed by atoms with E-state index in [1.165, 1.54) is 25.0 Å². The Labute approximate surface area is 117 Å². The molecule has 20 heavy (non-hydrogen) atoms. The molecular formula is C15H21F3N2. The molecule has 112 valence electrons. The largest absolute Gasteiger partial charge is 0.416 e. The van der Waals surface area contributed by atoms with E-state index in [1.54, 1.807) is 6.07 Å². The van der Waals surface area contributed by atoms with Crippen molar-refractivity contribution in [3.05, 3.63) is 35.4 Å². The topological polar surface area (TPSA) is 38.0 Å². The molecule has 1 aromatic carbocycles. The van der Waals surface area contributed by atoms with Crippen molar-refractivity contribution >= 4 is 0 Å². The predicted molar refractivity (Wildman–Crippen MR) is 72.8 cm³/mol. The molecule has 1 saturated carbocycles. The van der Waals surface area contributed by atoms with Crippen LogP contribution in [0.4, 0.5) is 13.2 Å². The number of hydrazine groups is 1. The van der Waals surface area contributed by atoms with Gasteiger partial charge in [-0.3, -0.25) is 11.3 Å². The van der Waals surface area contributed by atoms with Crippen molar-refractivity contribution in [2.24, 2.45) is 17.7 Å². The van der Waals surface area contributed by atoms with Gasteiger partial charge in [-0.15, -0.1) is 0 Å². The minimum absolute atomic E-state index is 0.0379. The number of nitrogens with one attached hydrogen (secondary N) is 1. The number of benzene rings is 1. The minimum atomic E-state index is -4.29. The van der Waals surface area contributed by atoms with Crippen LogP contribution in [0.3, 0.4) is 0 Å². The van der Waals surface area contributed by atoms with Crippen LogP contribution in [0.1, 0.15) is 37.3 Å². The highest BCUT2D eigenvalue weighted by atomic mass is 19.4. The van der Waals surface area contributed by atoms with Gasteiger partial charge in [-0.25, -0.2) is 0 Å². The van der Waals surface area contributed by atoms with Gasteiger partial charge in [0.25, 0.3) is 0 Å². The average Bonchev–Trinajstić information content (AvgIpc) is 2.81. The third-order valence-electron chi connectivity index (χ3n) is 4.37. The molecule has 0 aliphatic heterocycles. The summed E-state index contributed by atoms with van der Waals surface area (Å²) in [5.41, 5.74) is 2.89. The fraction of sp³-hybridized carbons (Fsp3) is 0.600. The van der Waals surface area contributed by atoms with E-state index in [4.69, 9.17) is 5.84 Å². The number of nitrogens with two attached hydrogens (primary N) is 1. The SMILES string of the molecule is CC1CCCC1C(Cc1cccc(C(F)(F)F)c1)NN. The molecule has 1 aliphatic rings. The Morgan fingerprint density at radius 2 is 2.10 bits per heavy atom. The summed E-state index contributed by atoms with van der Waals surface area (Å²) in [7, 11) is 0. The maximum Gasteiger partial charge on any atom is 0.416 e. The van der Waals surface area contributed by atoms with E-state index in [9.17, 15) is 13.2 Å². The standard InChI is InChI=1S/C15H21F3N2/c1-10-4-2-7-13(10)14(20-19)9-11-5-3-6-12(8-11)15(16,17)18/h3,5-6,8,10,13-14,20H,2,4,7,9,19H2,1H3. The molecule has 5 heteroatoms.